The minimum absolute atomic E-state index is 0.0148. The summed E-state index contributed by atoms with van der Waals surface area (Å²) in [5.41, 5.74) is 1.41. The summed E-state index contributed by atoms with van der Waals surface area (Å²) in [7, 11) is 0. The minimum Gasteiger partial charge on any atom is -0.395 e. The third kappa shape index (κ3) is 4.71. The lowest BCUT2D eigenvalue weighted by Gasteiger charge is -2.31. The van der Waals surface area contributed by atoms with Crippen LogP contribution in [-0.4, -0.2) is 42.3 Å². The highest BCUT2D eigenvalue weighted by Crippen LogP contribution is 2.40. The molecule has 0 aromatic heterocycles. The van der Waals surface area contributed by atoms with Gasteiger partial charge in [0, 0.05) is 25.0 Å². The van der Waals surface area contributed by atoms with E-state index in [4.69, 9.17) is 0 Å². The molecular weight excluding hydrogens is 288 g/mol. The van der Waals surface area contributed by atoms with Crippen LogP contribution in [0.4, 0.5) is 4.79 Å². The van der Waals surface area contributed by atoms with Gasteiger partial charge < -0.3 is 15.3 Å². The first kappa shape index (κ1) is 17.8. The number of aliphatic hydroxyl groups is 1. The molecule has 2 rings (SSSR count). The van der Waals surface area contributed by atoms with Crippen LogP contribution in [0.2, 0.25) is 0 Å². The molecule has 128 valence electrons. The number of unbranched alkanes of at least 4 members (excludes halogenated alkanes) is 1. The van der Waals surface area contributed by atoms with Gasteiger partial charge in [-0.15, -0.1) is 0 Å². The first-order valence-electron chi connectivity index (χ1n) is 8.91. The summed E-state index contributed by atoms with van der Waals surface area (Å²) in [6.07, 6.45) is 6.72. The van der Waals surface area contributed by atoms with Crippen molar-refractivity contribution in [3.05, 3.63) is 35.9 Å². The lowest BCUT2D eigenvalue weighted by molar-refractivity contribution is 0.174. The van der Waals surface area contributed by atoms with E-state index in [-0.39, 0.29) is 18.1 Å². The fourth-order valence-corrected chi connectivity index (χ4v) is 3.55. The highest BCUT2D eigenvalue weighted by Gasteiger charge is 2.36. The standard InChI is InChI=1S/C19H30N2O2/c1-2-3-13-21(14-15-22)18(23)20-16-19(11-7-8-12-19)17-9-5-4-6-10-17/h4-6,9-10,22H,2-3,7-8,11-16H2,1H3,(H,20,23). The average Bonchev–Trinajstić information content (AvgIpc) is 3.07. The Bertz CT molecular complexity index is 470. The Hall–Kier alpha value is -1.55. The monoisotopic (exact) mass is 318 g/mol. The summed E-state index contributed by atoms with van der Waals surface area (Å²) >= 11 is 0. The predicted octanol–water partition coefficient (Wildman–Crippen LogP) is 3.30. The summed E-state index contributed by atoms with van der Waals surface area (Å²) in [4.78, 5) is 14.2. The minimum atomic E-state index is -0.0466. The van der Waals surface area contributed by atoms with Crippen molar-refractivity contribution in [3.8, 4) is 0 Å². The van der Waals surface area contributed by atoms with Gasteiger partial charge in [-0.2, -0.15) is 0 Å². The van der Waals surface area contributed by atoms with E-state index in [0.717, 1.165) is 25.7 Å². The van der Waals surface area contributed by atoms with Crippen LogP contribution in [-0.2, 0) is 5.41 Å². The number of amides is 2. The first-order valence-corrected chi connectivity index (χ1v) is 8.91. The number of carbonyl (C=O) groups excluding carboxylic acids is 1. The third-order valence-corrected chi connectivity index (χ3v) is 4.96. The molecule has 2 amide bonds. The maximum atomic E-state index is 12.5. The molecule has 23 heavy (non-hydrogen) atoms. The molecule has 0 atom stereocenters. The van der Waals surface area contributed by atoms with E-state index < -0.39 is 0 Å². The SMILES string of the molecule is CCCCN(CCO)C(=O)NCC1(c2ccccc2)CCCC1. The zero-order valence-electron chi connectivity index (χ0n) is 14.3. The quantitative estimate of drug-likeness (QED) is 0.772. The summed E-state index contributed by atoms with van der Waals surface area (Å²) in [6, 6.07) is 10.5. The van der Waals surface area contributed by atoms with Gasteiger partial charge in [0.1, 0.15) is 0 Å². The molecule has 1 saturated carbocycles. The number of benzene rings is 1. The zero-order chi connectivity index (χ0) is 16.5. The third-order valence-electron chi connectivity index (χ3n) is 4.96. The fraction of sp³-hybridized carbons (Fsp3) is 0.632. The maximum Gasteiger partial charge on any atom is 0.317 e. The smallest absolute Gasteiger partial charge is 0.317 e. The van der Waals surface area contributed by atoms with Gasteiger partial charge in [0.25, 0.3) is 0 Å². The molecule has 1 aromatic rings. The van der Waals surface area contributed by atoms with Crippen molar-refractivity contribution in [1.29, 1.82) is 0 Å². The topological polar surface area (TPSA) is 52.6 Å². The molecule has 0 bridgehead atoms. The normalized spacial score (nSPS) is 16.3. The number of nitrogens with zero attached hydrogens (tertiary/aromatic N) is 1. The van der Waals surface area contributed by atoms with Crippen LogP contribution < -0.4 is 5.32 Å². The van der Waals surface area contributed by atoms with Crippen LogP contribution in [0.15, 0.2) is 30.3 Å². The van der Waals surface area contributed by atoms with Crippen LogP contribution in [0.25, 0.3) is 0 Å². The van der Waals surface area contributed by atoms with Crippen molar-refractivity contribution in [2.45, 2.75) is 50.9 Å². The summed E-state index contributed by atoms with van der Waals surface area (Å²) in [5, 5.41) is 12.3. The Kier molecular flexibility index (Phi) is 6.90. The van der Waals surface area contributed by atoms with Crippen LogP contribution in [0.5, 0.6) is 0 Å². The molecule has 2 N–H and O–H groups in total. The van der Waals surface area contributed by atoms with Crippen LogP contribution in [0.3, 0.4) is 0 Å². The molecule has 1 aromatic carbocycles. The van der Waals surface area contributed by atoms with E-state index >= 15 is 0 Å². The average molecular weight is 318 g/mol. The molecule has 0 unspecified atom stereocenters. The molecule has 1 aliphatic rings. The summed E-state index contributed by atoms with van der Waals surface area (Å²) < 4.78 is 0. The van der Waals surface area contributed by atoms with Crippen molar-refractivity contribution in [1.82, 2.24) is 10.2 Å². The van der Waals surface area contributed by atoms with Crippen LogP contribution in [0.1, 0.15) is 51.0 Å². The lowest BCUT2D eigenvalue weighted by Crippen LogP contribution is -2.46. The Labute approximate surface area is 139 Å². The molecule has 1 fully saturated rings. The van der Waals surface area contributed by atoms with E-state index in [1.807, 2.05) is 6.07 Å². The molecule has 0 radical (unpaired) electrons. The molecule has 4 nitrogen and oxygen atoms in total. The van der Waals surface area contributed by atoms with Gasteiger partial charge in [-0.1, -0.05) is 56.5 Å². The molecule has 0 aliphatic heterocycles. The first-order chi connectivity index (χ1) is 11.2. The Morgan fingerprint density at radius 3 is 2.52 bits per heavy atom. The lowest BCUT2D eigenvalue weighted by atomic mass is 9.79. The van der Waals surface area contributed by atoms with Gasteiger partial charge in [0.2, 0.25) is 0 Å². The molecule has 4 heteroatoms. The van der Waals surface area contributed by atoms with Crippen molar-refractivity contribution >= 4 is 6.03 Å². The van der Waals surface area contributed by atoms with Gasteiger partial charge >= 0.3 is 6.03 Å². The number of urea groups is 1. The Morgan fingerprint density at radius 2 is 1.91 bits per heavy atom. The second-order valence-electron chi connectivity index (χ2n) is 6.58. The number of hydrogen-bond acceptors (Lipinski definition) is 2. The van der Waals surface area contributed by atoms with E-state index in [2.05, 4.69) is 36.5 Å². The second kappa shape index (κ2) is 8.92. The van der Waals surface area contributed by atoms with Gasteiger partial charge in [-0.05, 0) is 24.8 Å². The Morgan fingerprint density at radius 1 is 1.22 bits per heavy atom. The number of carbonyl (C=O) groups is 1. The maximum absolute atomic E-state index is 12.5. The van der Waals surface area contributed by atoms with E-state index in [1.165, 1.54) is 18.4 Å². The van der Waals surface area contributed by atoms with Crippen molar-refractivity contribution in [2.24, 2.45) is 0 Å². The largest absolute Gasteiger partial charge is 0.395 e. The van der Waals surface area contributed by atoms with Gasteiger partial charge in [-0.25, -0.2) is 4.79 Å². The summed E-state index contributed by atoms with van der Waals surface area (Å²) in [5.74, 6) is 0. The second-order valence-corrected chi connectivity index (χ2v) is 6.58. The number of rotatable bonds is 8. The number of nitrogens with one attached hydrogen (secondary N) is 1. The molecule has 1 aliphatic carbocycles. The zero-order valence-corrected chi connectivity index (χ0v) is 14.3. The van der Waals surface area contributed by atoms with E-state index in [1.54, 1.807) is 4.90 Å². The predicted molar refractivity (Wildman–Crippen MR) is 93.6 cm³/mol. The molecule has 0 heterocycles. The van der Waals surface area contributed by atoms with Crippen molar-refractivity contribution in [2.75, 3.05) is 26.2 Å². The van der Waals surface area contributed by atoms with Crippen molar-refractivity contribution < 1.29 is 9.90 Å². The molecular formula is C19H30N2O2. The summed E-state index contributed by atoms with van der Waals surface area (Å²) in [6.45, 7) is 3.92. The van der Waals surface area contributed by atoms with Gasteiger partial charge in [-0.3, -0.25) is 0 Å². The van der Waals surface area contributed by atoms with E-state index in [0.29, 0.717) is 19.6 Å². The van der Waals surface area contributed by atoms with E-state index in [9.17, 15) is 9.90 Å². The van der Waals surface area contributed by atoms with Gasteiger partial charge in [0.15, 0.2) is 0 Å². The van der Waals surface area contributed by atoms with Gasteiger partial charge in [0.05, 0.1) is 6.61 Å². The highest BCUT2D eigenvalue weighted by atomic mass is 16.3. The van der Waals surface area contributed by atoms with Crippen LogP contribution in [0, 0.1) is 0 Å². The van der Waals surface area contributed by atoms with Crippen LogP contribution >= 0.6 is 0 Å². The Balaban J connectivity index is 1.99. The fourth-order valence-electron chi connectivity index (χ4n) is 3.55. The number of aliphatic hydroxyl groups excluding tert-OH is 1. The molecule has 0 spiro atoms. The highest BCUT2D eigenvalue weighted by molar-refractivity contribution is 5.74. The number of hydrogen-bond donors (Lipinski definition) is 2. The van der Waals surface area contributed by atoms with Crippen molar-refractivity contribution in [3.63, 3.8) is 0 Å². The molecule has 0 saturated heterocycles.